The van der Waals surface area contributed by atoms with E-state index in [1.54, 1.807) is 0 Å². The van der Waals surface area contributed by atoms with E-state index in [0.717, 1.165) is 31.3 Å². The maximum atomic E-state index is 12.5. The molecule has 156 valence electrons. The second-order valence-electron chi connectivity index (χ2n) is 6.69. The first kappa shape index (κ1) is 26.3. The fraction of sp³-hybridized carbons (Fsp3) is 0.619. The molecule has 0 rings (SSSR count). The van der Waals surface area contributed by atoms with Crippen LogP contribution in [-0.2, 0) is 18.1 Å². The summed E-state index contributed by atoms with van der Waals surface area (Å²) in [6.45, 7) is 8.36. The lowest BCUT2D eigenvalue weighted by Gasteiger charge is -2.16. The lowest BCUT2D eigenvalue weighted by molar-refractivity contribution is 0.125. The predicted molar refractivity (Wildman–Crippen MR) is 111 cm³/mol. The van der Waals surface area contributed by atoms with E-state index in [4.69, 9.17) is 24.1 Å². The van der Waals surface area contributed by atoms with Crippen molar-refractivity contribution in [2.24, 2.45) is 0 Å². The zero-order chi connectivity index (χ0) is 21.3. The van der Waals surface area contributed by atoms with Crippen molar-refractivity contribution in [3.63, 3.8) is 0 Å². The first-order valence-electron chi connectivity index (χ1n) is 9.55. The van der Waals surface area contributed by atoms with Crippen LogP contribution >= 0.6 is 7.82 Å². The Bertz CT molecular complexity index is 641. The van der Waals surface area contributed by atoms with Gasteiger partial charge in [0.2, 0.25) is 0 Å². The molecule has 0 amide bonds. The number of phosphoric acid groups is 1. The predicted octanol–water partition coefficient (Wildman–Crippen LogP) is 6.39. The van der Waals surface area contributed by atoms with Gasteiger partial charge in [0, 0.05) is 0 Å². The minimum Gasteiger partial charge on any atom is -0.286 e. The number of hydrogen-bond acceptors (Lipinski definition) is 6. The molecule has 0 radical (unpaired) electrons. The van der Waals surface area contributed by atoms with Crippen LogP contribution in [0.25, 0.3) is 0 Å². The highest BCUT2D eigenvalue weighted by Crippen LogP contribution is 2.49. The second kappa shape index (κ2) is 16.3. The SMILES string of the molecule is CC(C)=CCC/C(C)=C\CC/C(C)=C\COP(=O)(OCCC#N)OCCC#N. The molecule has 0 heterocycles. The minimum atomic E-state index is -3.76. The number of nitrogens with zero attached hydrogens (tertiary/aromatic N) is 2. The van der Waals surface area contributed by atoms with Crippen LogP contribution in [-0.4, -0.2) is 19.8 Å². The van der Waals surface area contributed by atoms with Crippen molar-refractivity contribution in [2.75, 3.05) is 19.8 Å². The molecule has 0 aromatic carbocycles. The number of nitriles is 2. The molecule has 0 saturated carbocycles. The molecule has 0 aliphatic heterocycles. The Balaban J connectivity index is 4.40. The number of phosphoric ester groups is 1. The van der Waals surface area contributed by atoms with E-state index in [1.807, 2.05) is 25.1 Å². The van der Waals surface area contributed by atoms with E-state index in [-0.39, 0.29) is 32.7 Å². The van der Waals surface area contributed by atoms with E-state index in [9.17, 15) is 4.57 Å². The monoisotopic (exact) mass is 408 g/mol. The Morgan fingerprint density at radius 2 is 1.32 bits per heavy atom. The van der Waals surface area contributed by atoms with Gasteiger partial charge in [0.25, 0.3) is 0 Å². The fourth-order valence-corrected chi connectivity index (χ4v) is 3.24. The van der Waals surface area contributed by atoms with Gasteiger partial charge in [-0.1, -0.05) is 34.9 Å². The quantitative estimate of drug-likeness (QED) is 0.177. The molecular weight excluding hydrogens is 375 g/mol. The van der Waals surface area contributed by atoms with E-state index < -0.39 is 7.82 Å². The molecule has 0 aliphatic rings. The van der Waals surface area contributed by atoms with Crippen LogP contribution < -0.4 is 0 Å². The van der Waals surface area contributed by atoms with Gasteiger partial charge in [0.15, 0.2) is 0 Å². The van der Waals surface area contributed by atoms with Crippen LogP contribution in [0, 0.1) is 22.7 Å². The summed E-state index contributed by atoms with van der Waals surface area (Å²) in [7, 11) is -3.76. The Kier molecular flexibility index (Phi) is 15.3. The smallest absolute Gasteiger partial charge is 0.286 e. The van der Waals surface area contributed by atoms with Crippen LogP contribution in [0.5, 0.6) is 0 Å². The third kappa shape index (κ3) is 15.4. The van der Waals surface area contributed by atoms with E-state index in [1.165, 1.54) is 11.1 Å². The first-order valence-corrected chi connectivity index (χ1v) is 11.0. The standard InChI is InChI=1S/C21H33N2O4P/c1-19(2)9-5-10-20(3)11-6-12-21(4)13-18-27-28(24,25-16-7-14-22)26-17-8-15-23/h9,11,13H,5-8,10,12,16-18H2,1-4H3/b20-11-,21-13-. The average molecular weight is 408 g/mol. The van der Waals surface area contributed by atoms with Crippen LogP contribution in [0.4, 0.5) is 0 Å². The van der Waals surface area contributed by atoms with Crippen LogP contribution in [0.1, 0.15) is 66.2 Å². The topological polar surface area (TPSA) is 92.3 Å². The average Bonchev–Trinajstić information content (AvgIpc) is 2.62. The maximum Gasteiger partial charge on any atom is 0.475 e. The maximum absolute atomic E-state index is 12.5. The molecule has 0 bridgehead atoms. The lowest BCUT2D eigenvalue weighted by Crippen LogP contribution is -2.03. The van der Waals surface area contributed by atoms with Crippen molar-refractivity contribution in [3.8, 4) is 12.1 Å². The summed E-state index contributed by atoms with van der Waals surface area (Å²) in [4.78, 5) is 0. The molecule has 0 fully saturated rings. The lowest BCUT2D eigenvalue weighted by atomic mass is 10.1. The zero-order valence-electron chi connectivity index (χ0n) is 17.6. The van der Waals surface area contributed by atoms with Gasteiger partial charge in [-0.05, 0) is 53.4 Å². The van der Waals surface area contributed by atoms with Gasteiger partial charge in [-0.2, -0.15) is 10.5 Å². The van der Waals surface area contributed by atoms with E-state index in [0.29, 0.717) is 0 Å². The van der Waals surface area contributed by atoms with Crippen LogP contribution in [0.3, 0.4) is 0 Å². The zero-order valence-corrected chi connectivity index (χ0v) is 18.5. The number of allylic oxidation sites excluding steroid dienone is 5. The summed E-state index contributed by atoms with van der Waals surface area (Å²) in [5, 5.41) is 17.1. The molecule has 0 spiro atoms. The molecule has 0 aliphatic carbocycles. The van der Waals surface area contributed by atoms with Gasteiger partial charge >= 0.3 is 7.82 Å². The van der Waals surface area contributed by atoms with Gasteiger partial charge in [0.05, 0.1) is 44.8 Å². The molecule has 0 N–H and O–H groups in total. The Hall–Kier alpha value is -1.69. The van der Waals surface area contributed by atoms with Gasteiger partial charge in [0.1, 0.15) is 0 Å². The Morgan fingerprint density at radius 3 is 1.82 bits per heavy atom. The van der Waals surface area contributed by atoms with Gasteiger partial charge < -0.3 is 0 Å². The van der Waals surface area contributed by atoms with E-state index >= 15 is 0 Å². The summed E-state index contributed by atoms with van der Waals surface area (Å²) in [6, 6.07) is 3.80. The molecule has 7 heteroatoms. The van der Waals surface area contributed by atoms with Crippen molar-refractivity contribution < 1.29 is 18.1 Å². The van der Waals surface area contributed by atoms with Gasteiger partial charge in [-0.15, -0.1) is 0 Å². The molecule has 6 nitrogen and oxygen atoms in total. The summed E-state index contributed by atoms with van der Waals surface area (Å²) in [5.74, 6) is 0. The first-order chi connectivity index (χ1) is 13.3. The summed E-state index contributed by atoms with van der Waals surface area (Å²) >= 11 is 0. The molecule has 0 atom stereocenters. The van der Waals surface area contributed by atoms with Crippen molar-refractivity contribution >= 4 is 7.82 Å². The second-order valence-corrected chi connectivity index (χ2v) is 8.35. The van der Waals surface area contributed by atoms with Crippen LogP contribution in [0.15, 0.2) is 34.9 Å². The Labute approximate surface area is 170 Å². The number of rotatable bonds is 15. The third-order valence-corrected chi connectivity index (χ3v) is 5.18. The highest BCUT2D eigenvalue weighted by atomic mass is 31.2. The Morgan fingerprint density at radius 1 is 0.821 bits per heavy atom. The summed E-state index contributed by atoms with van der Waals surface area (Å²) < 4.78 is 28.0. The van der Waals surface area contributed by atoms with E-state index in [2.05, 4.69) is 32.9 Å². The third-order valence-electron chi connectivity index (χ3n) is 3.71. The molecular formula is C21H33N2O4P. The van der Waals surface area contributed by atoms with Crippen molar-refractivity contribution in [2.45, 2.75) is 66.2 Å². The molecule has 28 heavy (non-hydrogen) atoms. The van der Waals surface area contributed by atoms with Crippen LogP contribution in [0.2, 0.25) is 0 Å². The fourth-order valence-electron chi connectivity index (χ4n) is 2.13. The van der Waals surface area contributed by atoms with Crippen molar-refractivity contribution in [3.05, 3.63) is 34.9 Å². The number of hydrogen-bond donors (Lipinski definition) is 0. The summed E-state index contributed by atoms with van der Waals surface area (Å²) in [5.41, 5.74) is 3.84. The van der Waals surface area contributed by atoms with Gasteiger partial charge in [-0.25, -0.2) is 4.57 Å². The highest BCUT2D eigenvalue weighted by molar-refractivity contribution is 7.48. The summed E-state index contributed by atoms with van der Waals surface area (Å²) in [6.07, 6.45) is 10.5. The normalized spacial score (nSPS) is 12.4. The highest BCUT2D eigenvalue weighted by Gasteiger charge is 2.25. The van der Waals surface area contributed by atoms with Gasteiger partial charge in [-0.3, -0.25) is 13.6 Å². The molecule has 0 unspecified atom stereocenters. The largest absolute Gasteiger partial charge is 0.475 e. The molecule has 0 aromatic rings. The minimum absolute atomic E-state index is 0.0418. The van der Waals surface area contributed by atoms with Crippen molar-refractivity contribution in [1.82, 2.24) is 0 Å². The van der Waals surface area contributed by atoms with Crippen molar-refractivity contribution in [1.29, 1.82) is 10.5 Å². The molecule has 0 aromatic heterocycles. The molecule has 0 saturated heterocycles.